The molecule has 0 aliphatic carbocycles. The van der Waals surface area contributed by atoms with Gasteiger partial charge in [0.15, 0.2) is 0 Å². The van der Waals surface area contributed by atoms with Crippen LogP contribution in [-0.4, -0.2) is 34.6 Å². The highest BCUT2D eigenvalue weighted by Gasteiger charge is 2.42. The Labute approximate surface area is 177 Å². The summed E-state index contributed by atoms with van der Waals surface area (Å²) in [7, 11) is -7.68. The number of benzene rings is 2. The van der Waals surface area contributed by atoms with Crippen LogP contribution >= 0.6 is 0 Å². The zero-order valence-electron chi connectivity index (χ0n) is 17.1. The first-order valence-corrected chi connectivity index (χ1v) is 12.5. The van der Waals surface area contributed by atoms with Crippen LogP contribution in [0.5, 0.6) is 5.75 Å². The maximum Gasteiger partial charge on any atom is 0.262 e. The zero-order chi connectivity index (χ0) is 22.3. The molecule has 1 atom stereocenters. The molecule has 0 bridgehead atoms. The lowest BCUT2D eigenvalue weighted by molar-refractivity contribution is -0.119. The molecule has 30 heavy (non-hydrogen) atoms. The first-order valence-electron chi connectivity index (χ1n) is 9.38. The van der Waals surface area contributed by atoms with Crippen LogP contribution in [-0.2, 0) is 24.8 Å². The smallest absolute Gasteiger partial charge is 0.262 e. The van der Waals surface area contributed by atoms with E-state index < -0.39 is 31.9 Å². The van der Waals surface area contributed by atoms with Crippen LogP contribution in [0.2, 0.25) is 0 Å². The average Bonchev–Trinajstić information content (AvgIpc) is 2.82. The van der Waals surface area contributed by atoms with E-state index in [1.54, 1.807) is 38.1 Å². The Morgan fingerprint density at radius 2 is 1.77 bits per heavy atom. The summed E-state index contributed by atoms with van der Waals surface area (Å²) in [5, 5.41) is 0. The molecule has 1 fully saturated rings. The second-order valence-electron chi connectivity index (χ2n) is 7.53. The summed E-state index contributed by atoms with van der Waals surface area (Å²) < 4.78 is 59.0. The normalized spacial score (nSPS) is 18.6. The summed E-state index contributed by atoms with van der Waals surface area (Å²) in [6, 6.07) is 10.5. The molecule has 1 aliphatic heterocycles. The Hall–Kier alpha value is -2.59. The maximum absolute atomic E-state index is 12.8. The van der Waals surface area contributed by atoms with Gasteiger partial charge in [-0.2, -0.15) is 0 Å². The SMILES string of the molecule is Cc1cc(N2C(=O)C(C)CS2(=O)=O)ccc1S(=O)(=O)Nc1ccc(OC(C)C)cc1. The molecule has 3 rings (SSSR count). The average molecular weight is 453 g/mol. The molecule has 0 radical (unpaired) electrons. The molecule has 2 aromatic rings. The van der Waals surface area contributed by atoms with Gasteiger partial charge in [-0.05, 0) is 68.8 Å². The van der Waals surface area contributed by atoms with Gasteiger partial charge in [-0.25, -0.2) is 21.1 Å². The number of anilines is 2. The summed E-state index contributed by atoms with van der Waals surface area (Å²) >= 11 is 0. The van der Waals surface area contributed by atoms with Gasteiger partial charge in [-0.15, -0.1) is 0 Å². The second kappa shape index (κ2) is 7.92. The molecule has 0 aromatic heterocycles. The zero-order valence-corrected chi connectivity index (χ0v) is 18.7. The lowest BCUT2D eigenvalue weighted by Gasteiger charge is -2.17. The van der Waals surface area contributed by atoms with Crippen molar-refractivity contribution >= 4 is 37.3 Å². The fourth-order valence-corrected chi connectivity index (χ4v) is 6.33. The Bertz CT molecular complexity index is 1170. The number of carbonyl (C=O) groups excluding carboxylic acids is 1. The molecule has 0 saturated carbocycles. The summed E-state index contributed by atoms with van der Waals surface area (Å²) in [6.07, 6.45) is 0.00277. The van der Waals surface area contributed by atoms with Crippen molar-refractivity contribution in [3.8, 4) is 5.75 Å². The molecule has 10 heteroatoms. The van der Waals surface area contributed by atoms with Gasteiger partial charge in [0.1, 0.15) is 5.75 Å². The Morgan fingerprint density at radius 3 is 2.27 bits per heavy atom. The molecule has 1 N–H and O–H groups in total. The molecule has 1 amide bonds. The van der Waals surface area contributed by atoms with Crippen molar-refractivity contribution in [1.82, 2.24) is 0 Å². The first kappa shape index (κ1) is 22.1. The van der Waals surface area contributed by atoms with Gasteiger partial charge in [0.05, 0.1) is 28.4 Å². The van der Waals surface area contributed by atoms with Gasteiger partial charge in [-0.1, -0.05) is 6.92 Å². The van der Waals surface area contributed by atoms with Crippen LogP contribution < -0.4 is 13.8 Å². The number of nitrogens with zero attached hydrogens (tertiary/aromatic N) is 1. The summed E-state index contributed by atoms with van der Waals surface area (Å²) in [5.41, 5.74) is 0.819. The van der Waals surface area contributed by atoms with E-state index in [2.05, 4.69) is 4.72 Å². The predicted octanol–water partition coefficient (Wildman–Crippen LogP) is 2.90. The minimum atomic E-state index is -3.92. The molecule has 162 valence electrons. The van der Waals surface area contributed by atoms with Gasteiger partial charge in [0.2, 0.25) is 15.9 Å². The van der Waals surface area contributed by atoms with Crippen LogP contribution in [0.1, 0.15) is 26.3 Å². The molecule has 0 spiro atoms. The van der Waals surface area contributed by atoms with E-state index in [4.69, 9.17) is 4.74 Å². The number of amides is 1. The topological polar surface area (TPSA) is 110 Å². The summed E-state index contributed by atoms with van der Waals surface area (Å²) in [4.78, 5) is 12.2. The molecule has 1 aliphatic rings. The predicted molar refractivity (Wildman–Crippen MR) is 115 cm³/mol. The van der Waals surface area contributed by atoms with E-state index in [0.29, 0.717) is 17.0 Å². The van der Waals surface area contributed by atoms with Crippen molar-refractivity contribution in [1.29, 1.82) is 0 Å². The highest BCUT2D eigenvalue weighted by atomic mass is 32.2. The molecule has 1 unspecified atom stereocenters. The van der Waals surface area contributed by atoms with Crippen LogP contribution in [0.3, 0.4) is 0 Å². The highest BCUT2D eigenvalue weighted by Crippen LogP contribution is 2.31. The molecule has 1 heterocycles. The van der Waals surface area contributed by atoms with Gasteiger partial charge < -0.3 is 4.74 Å². The number of hydrogen-bond donors (Lipinski definition) is 1. The largest absolute Gasteiger partial charge is 0.491 e. The second-order valence-corrected chi connectivity index (χ2v) is 11.0. The summed E-state index contributed by atoms with van der Waals surface area (Å²) in [6.45, 7) is 6.89. The highest BCUT2D eigenvalue weighted by molar-refractivity contribution is 7.94. The van der Waals surface area contributed by atoms with E-state index in [9.17, 15) is 21.6 Å². The third kappa shape index (κ3) is 4.44. The van der Waals surface area contributed by atoms with E-state index in [0.717, 1.165) is 4.31 Å². The van der Waals surface area contributed by atoms with Crippen molar-refractivity contribution in [2.24, 2.45) is 5.92 Å². The van der Waals surface area contributed by atoms with E-state index in [-0.39, 0.29) is 22.4 Å². The van der Waals surface area contributed by atoms with Gasteiger partial charge >= 0.3 is 0 Å². The lowest BCUT2D eigenvalue weighted by atomic mass is 10.2. The van der Waals surface area contributed by atoms with Crippen LogP contribution in [0.4, 0.5) is 11.4 Å². The molecular weight excluding hydrogens is 428 g/mol. The molecule has 2 aromatic carbocycles. The number of nitrogens with one attached hydrogen (secondary N) is 1. The van der Waals surface area contributed by atoms with E-state index in [1.807, 2.05) is 13.8 Å². The number of rotatable bonds is 6. The molecular formula is C20H24N2O6S2. The Morgan fingerprint density at radius 1 is 1.13 bits per heavy atom. The van der Waals surface area contributed by atoms with Gasteiger partial charge in [0, 0.05) is 5.69 Å². The first-order chi connectivity index (χ1) is 13.9. The monoisotopic (exact) mass is 452 g/mol. The fourth-order valence-electron chi connectivity index (χ4n) is 3.23. The number of carbonyl (C=O) groups is 1. The fraction of sp³-hybridized carbons (Fsp3) is 0.350. The number of aryl methyl sites for hydroxylation is 1. The Balaban J connectivity index is 1.86. The number of ether oxygens (including phenoxy) is 1. The standard InChI is InChI=1S/C20H24N2O6S2/c1-13(2)28-18-8-5-16(6-9-18)21-30(26,27)19-10-7-17(11-14(19)3)22-20(23)15(4)12-29(22,24)25/h5-11,13,15,21H,12H2,1-4H3. The van der Waals surface area contributed by atoms with Gasteiger partial charge in [-0.3, -0.25) is 9.52 Å². The minimum absolute atomic E-state index is 0.00277. The molecule has 1 saturated heterocycles. The minimum Gasteiger partial charge on any atom is -0.491 e. The van der Waals surface area contributed by atoms with E-state index >= 15 is 0 Å². The number of sulfonamides is 2. The van der Waals surface area contributed by atoms with Crippen molar-refractivity contribution in [2.75, 3.05) is 14.8 Å². The van der Waals surface area contributed by atoms with Crippen LogP contribution in [0.15, 0.2) is 47.4 Å². The lowest BCUT2D eigenvalue weighted by Crippen LogP contribution is -2.30. The van der Waals surface area contributed by atoms with E-state index in [1.165, 1.54) is 18.2 Å². The molecule has 8 nitrogen and oxygen atoms in total. The van der Waals surface area contributed by atoms with Crippen molar-refractivity contribution in [3.05, 3.63) is 48.0 Å². The number of hydrogen-bond acceptors (Lipinski definition) is 6. The third-order valence-electron chi connectivity index (χ3n) is 4.52. The maximum atomic E-state index is 12.8. The Kier molecular flexibility index (Phi) is 5.83. The van der Waals surface area contributed by atoms with Crippen molar-refractivity contribution in [3.63, 3.8) is 0 Å². The third-order valence-corrected chi connectivity index (χ3v) is 7.93. The van der Waals surface area contributed by atoms with Crippen LogP contribution in [0, 0.1) is 12.8 Å². The van der Waals surface area contributed by atoms with Gasteiger partial charge in [0.25, 0.3) is 10.0 Å². The van der Waals surface area contributed by atoms with Crippen molar-refractivity contribution in [2.45, 2.75) is 38.7 Å². The quantitative estimate of drug-likeness (QED) is 0.722. The van der Waals surface area contributed by atoms with Crippen LogP contribution in [0.25, 0.3) is 0 Å². The summed E-state index contributed by atoms with van der Waals surface area (Å²) in [5.74, 6) is -0.794. The van der Waals surface area contributed by atoms with Crippen molar-refractivity contribution < 1.29 is 26.4 Å².